The summed E-state index contributed by atoms with van der Waals surface area (Å²) >= 11 is 0. The molecule has 5 heteroatoms. The van der Waals surface area contributed by atoms with E-state index in [9.17, 15) is 0 Å². The summed E-state index contributed by atoms with van der Waals surface area (Å²) in [6.07, 6.45) is 1.89. The van der Waals surface area contributed by atoms with E-state index < -0.39 is 0 Å². The van der Waals surface area contributed by atoms with E-state index in [0.717, 1.165) is 39.0 Å². The quantitative estimate of drug-likeness (QED) is 0.311. The summed E-state index contributed by atoms with van der Waals surface area (Å²) in [6.45, 7) is 13.1. The van der Waals surface area contributed by atoms with Gasteiger partial charge in [-0.15, -0.1) is 24.3 Å². The van der Waals surface area contributed by atoms with E-state index >= 15 is 0 Å². The van der Waals surface area contributed by atoms with E-state index in [2.05, 4.69) is 63.1 Å². The van der Waals surface area contributed by atoms with Crippen molar-refractivity contribution in [2.24, 2.45) is 0 Å². The molecular formula is C21H23IrN4-. The molecule has 137 valence electrons. The first-order valence-corrected chi connectivity index (χ1v) is 8.65. The fourth-order valence-electron chi connectivity index (χ4n) is 3.17. The first-order valence-electron chi connectivity index (χ1n) is 8.65. The Bertz CT molecular complexity index is 1110. The van der Waals surface area contributed by atoms with Crippen LogP contribution in [-0.2, 0) is 30.9 Å². The minimum Gasteiger partial charge on any atom is -0.300 e. The molecular weight excluding hydrogens is 500 g/mol. The molecule has 1 radical (unpaired) electrons. The molecule has 0 aliphatic heterocycles. The number of fused-ring (bicyclic) bond motifs is 5. The van der Waals surface area contributed by atoms with Crippen LogP contribution in [-0.4, -0.2) is 19.4 Å². The van der Waals surface area contributed by atoms with Gasteiger partial charge < -0.3 is 4.98 Å². The molecule has 4 aromatic rings. The van der Waals surface area contributed by atoms with E-state index in [1.54, 1.807) is 0 Å². The van der Waals surface area contributed by atoms with Crippen LogP contribution in [0.1, 0.15) is 52.9 Å². The fraction of sp³-hybridized carbons (Fsp3) is 0.381. The molecule has 3 heterocycles. The second-order valence-electron chi connectivity index (χ2n) is 8.70. The second kappa shape index (κ2) is 6.11. The average Bonchev–Trinajstić information content (AvgIpc) is 2.91. The van der Waals surface area contributed by atoms with Gasteiger partial charge in [-0.05, 0) is 5.52 Å². The van der Waals surface area contributed by atoms with Gasteiger partial charge in [0.2, 0.25) is 0 Å². The molecule has 0 unspecified atom stereocenters. The van der Waals surface area contributed by atoms with Crippen molar-refractivity contribution in [3.05, 3.63) is 48.0 Å². The summed E-state index contributed by atoms with van der Waals surface area (Å²) in [5, 5.41) is 0.964. The minimum absolute atomic E-state index is 0. The van der Waals surface area contributed by atoms with Crippen molar-refractivity contribution in [1.29, 1.82) is 0 Å². The molecule has 0 saturated heterocycles. The zero-order chi connectivity index (χ0) is 18.0. The molecule has 0 spiro atoms. The van der Waals surface area contributed by atoms with Gasteiger partial charge in [-0.2, -0.15) is 0 Å². The SMILES string of the molecule is CC(C)(C)c1cc2nc3c4[c-]cccc4nc(C(C)(C)C)c3n2cn1.[Ir]. The number of rotatable bonds is 0. The molecule has 0 bridgehead atoms. The van der Waals surface area contributed by atoms with Crippen LogP contribution in [0.2, 0.25) is 0 Å². The third-order valence-electron chi connectivity index (χ3n) is 4.52. The third kappa shape index (κ3) is 2.93. The van der Waals surface area contributed by atoms with Gasteiger partial charge in [-0.1, -0.05) is 46.9 Å². The number of pyridine rings is 1. The molecule has 0 fully saturated rings. The standard InChI is InChI=1S/C21H23N4.Ir/c1-20(2,3)15-11-16-24-17-13-9-7-8-10-14(13)23-19(21(4,5)6)18(17)25(16)12-22-15;/h7-8,10-12H,1-6H3;/q-1;. The first-order chi connectivity index (χ1) is 11.7. The number of imidazole rings is 1. The number of aromatic nitrogens is 4. The Morgan fingerprint density at radius 2 is 1.73 bits per heavy atom. The van der Waals surface area contributed by atoms with Gasteiger partial charge in [0.05, 0.1) is 16.9 Å². The van der Waals surface area contributed by atoms with Crippen molar-refractivity contribution in [3.63, 3.8) is 0 Å². The van der Waals surface area contributed by atoms with Crippen molar-refractivity contribution >= 4 is 27.6 Å². The van der Waals surface area contributed by atoms with Gasteiger partial charge in [0.25, 0.3) is 0 Å². The molecule has 4 rings (SSSR count). The molecule has 1 aromatic carbocycles. The summed E-state index contributed by atoms with van der Waals surface area (Å²) in [4.78, 5) is 14.6. The topological polar surface area (TPSA) is 43.1 Å². The zero-order valence-corrected chi connectivity index (χ0v) is 18.4. The van der Waals surface area contributed by atoms with Crippen LogP contribution in [0.25, 0.3) is 27.6 Å². The largest absolute Gasteiger partial charge is 0.300 e. The number of hydrogen-bond donors (Lipinski definition) is 0. The van der Waals surface area contributed by atoms with Crippen LogP contribution in [0.4, 0.5) is 0 Å². The molecule has 26 heavy (non-hydrogen) atoms. The second-order valence-corrected chi connectivity index (χ2v) is 8.70. The molecule has 0 amide bonds. The molecule has 0 N–H and O–H groups in total. The van der Waals surface area contributed by atoms with Crippen LogP contribution in [0.15, 0.2) is 30.6 Å². The Kier molecular flexibility index (Phi) is 4.45. The molecule has 4 nitrogen and oxygen atoms in total. The van der Waals surface area contributed by atoms with Crippen molar-refractivity contribution in [2.45, 2.75) is 52.4 Å². The van der Waals surface area contributed by atoms with E-state index in [1.165, 1.54) is 0 Å². The van der Waals surface area contributed by atoms with Crippen LogP contribution in [0.5, 0.6) is 0 Å². The van der Waals surface area contributed by atoms with Crippen molar-refractivity contribution in [1.82, 2.24) is 19.4 Å². The molecule has 0 aliphatic carbocycles. The summed E-state index contributed by atoms with van der Waals surface area (Å²) in [7, 11) is 0. The van der Waals surface area contributed by atoms with E-state index in [-0.39, 0.29) is 30.9 Å². The Morgan fingerprint density at radius 3 is 2.38 bits per heavy atom. The summed E-state index contributed by atoms with van der Waals surface area (Å²) in [5.41, 5.74) is 5.79. The van der Waals surface area contributed by atoms with E-state index in [1.807, 2.05) is 24.5 Å². The first kappa shape index (κ1) is 18.9. The maximum absolute atomic E-state index is 4.95. The molecule has 0 saturated carbocycles. The van der Waals surface area contributed by atoms with Crippen LogP contribution in [0, 0.1) is 6.07 Å². The average molecular weight is 524 g/mol. The smallest absolute Gasteiger partial charge is 0.130 e. The predicted octanol–water partition coefficient (Wildman–Crippen LogP) is 4.82. The maximum atomic E-state index is 4.95. The fourth-order valence-corrected chi connectivity index (χ4v) is 3.17. The Morgan fingerprint density at radius 1 is 1.00 bits per heavy atom. The van der Waals surface area contributed by atoms with Gasteiger partial charge in [-0.25, -0.2) is 4.98 Å². The summed E-state index contributed by atoms with van der Waals surface area (Å²) in [5.74, 6) is 0. The Hall–Kier alpha value is -1.84. The zero-order valence-electron chi connectivity index (χ0n) is 16.0. The van der Waals surface area contributed by atoms with Crippen molar-refractivity contribution in [2.75, 3.05) is 0 Å². The van der Waals surface area contributed by atoms with Crippen LogP contribution >= 0.6 is 0 Å². The third-order valence-corrected chi connectivity index (χ3v) is 4.52. The van der Waals surface area contributed by atoms with Gasteiger partial charge in [0.15, 0.2) is 0 Å². The summed E-state index contributed by atoms with van der Waals surface area (Å²) in [6, 6.07) is 11.3. The molecule has 3 aromatic heterocycles. The van der Waals surface area contributed by atoms with Gasteiger partial charge >= 0.3 is 0 Å². The minimum atomic E-state index is -0.0963. The summed E-state index contributed by atoms with van der Waals surface area (Å²) < 4.78 is 2.07. The molecule has 0 aliphatic rings. The Balaban J connectivity index is 0.00000196. The van der Waals surface area contributed by atoms with Crippen molar-refractivity contribution in [3.8, 4) is 0 Å². The van der Waals surface area contributed by atoms with E-state index in [0.29, 0.717) is 0 Å². The predicted molar refractivity (Wildman–Crippen MR) is 102 cm³/mol. The van der Waals surface area contributed by atoms with Gasteiger partial charge in [0.1, 0.15) is 12.0 Å². The normalized spacial score (nSPS) is 12.7. The molecule has 0 atom stereocenters. The van der Waals surface area contributed by atoms with Crippen LogP contribution < -0.4 is 0 Å². The number of hydrogen-bond acceptors (Lipinski definition) is 3. The van der Waals surface area contributed by atoms with Gasteiger partial charge in [-0.3, -0.25) is 9.38 Å². The van der Waals surface area contributed by atoms with Gasteiger partial charge in [0, 0.05) is 42.5 Å². The monoisotopic (exact) mass is 524 g/mol. The number of nitrogens with zero attached hydrogens (tertiary/aromatic N) is 4. The number of benzene rings is 1. The van der Waals surface area contributed by atoms with Crippen LogP contribution in [0.3, 0.4) is 0 Å². The van der Waals surface area contributed by atoms with Crippen molar-refractivity contribution < 1.29 is 20.1 Å². The Labute approximate surface area is 167 Å². The van der Waals surface area contributed by atoms with E-state index in [4.69, 9.17) is 9.97 Å². The maximum Gasteiger partial charge on any atom is 0.130 e.